The molecule has 4 heteroatoms. The van der Waals surface area contributed by atoms with Crippen LogP contribution in [0.2, 0.25) is 0 Å². The fourth-order valence-electron chi connectivity index (χ4n) is 1.81. The first-order valence-corrected chi connectivity index (χ1v) is 8.03. The second-order valence-electron chi connectivity index (χ2n) is 5.55. The quantitative estimate of drug-likeness (QED) is 0.295. The van der Waals surface area contributed by atoms with Crippen molar-refractivity contribution < 1.29 is 19.0 Å². The van der Waals surface area contributed by atoms with Crippen LogP contribution in [0.4, 0.5) is 0 Å². The summed E-state index contributed by atoms with van der Waals surface area (Å²) in [5, 5.41) is 0. The highest BCUT2D eigenvalue weighted by molar-refractivity contribution is 5.86. The van der Waals surface area contributed by atoms with E-state index < -0.39 is 0 Å². The van der Waals surface area contributed by atoms with E-state index in [1.54, 1.807) is 6.92 Å². The normalized spacial score (nSPS) is 13.7. The highest BCUT2D eigenvalue weighted by atomic mass is 16.6. The van der Waals surface area contributed by atoms with Gasteiger partial charge in [0, 0.05) is 12.2 Å². The topological polar surface area (TPSA) is 44.8 Å². The molecule has 2 atom stereocenters. The van der Waals surface area contributed by atoms with Crippen molar-refractivity contribution in [1.29, 1.82) is 0 Å². The smallest absolute Gasteiger partial charge is 0.333 e. The molecule has 0 aliphatic carbocycles. The molecular weight excluding hydrogens is 268 g/mol. The average Bonchev–Trinajstić information content (AvgIpc) is 2.46. The van der Waals surface area contributed by atoms with Crippen LogP contribution in [-0.2, 0) is 19.0 Å². The molecular formula is C17H32O4. The molecule has 0 saturated carbocycles. The maximum atomic E-state index is 11.1. The van der Waals surface area contributed by atoms with Gasteiger partial charge in [-0.3, -0.25) is 0 Å². The molecule has 0 amide bonds. The maximum Gasteiger partial charge on any atom is 0.333 e. The summed E-state index contributed by atoms with van der Waals surface area (Å²) in [6.07, 6.45) is 4.96. The van der Waals surface area contributed by atoms with E-state index in [4.69, 9.17) is 14.2 Å². The van der Waals surface area contributed by atoms with Gasteiger partial charge in [0.15, 0.2) is 0 Å². The Balaban J connectivity index is 3.59. The summed E-state index contributed by atoms with van der Waals surface area (Å²) in [7, 11) is 0. The van der Waals surface area contributed by atoms with Crippen LogP contribution in [0.1, 0.15) is 53.4 Å². The van der Waals surface area contributed by atoms with Crippen molar-refractivity contribution in [2.45, 2.75) is 59.5 Å². The van der Waals surface area contributed by atoms with Gasteiger partial charge in [-0.2, -0.15) is 0 Å². The standard InChI is InChI=1S/C17H32O4/c1-6-8-9-16(7-2)13-21-15(5)12-19-10-11-20-17(18)14(3)4/h15-16H,3,6-13H2,1-2,4-5H3. The van der Waals surface area contributed by atoms with E-state index >= 15 is 0 Å². The summed E-state index contributed by atoms with van der Waals surface area (Å²) in [6, 6.07) is 0. The highest BCUT2D eigenvalue weighted by Crippen LogP contribution is 2.13. The number of hydrogen-bond donors (Lipinski definition) is 0. The first-order valence-electron chi connectivity index (χ1n) is 8.03. The first kappa shape index (κ1) is 20.1. The fraction of sp³-hybridized carbons (Fsp3) is 0.824. The molecule has 0 aliphatic heterocycles. The molecule has 0 heterocycles. The summed E-state index contributed by atoms with van der Waals surface area (Å²) >= 11 is 0. The van der Waals surface area contributed by atoms with E-state index in [0.29, 0.717) is 24.7 Å². The van der Waals surface area contributed by atoms with Crippen LogP contribution in [0, 0.1) is 5.92 Å². The Hall–Kier alpha value is -0.870. The third-order valence-corrected chi connectivity index (χ3v) is 3.32. The van der Waals surface area contributed by atoms with Gasteiger partial charge in [0.25, 0.3) is 0 Å². The molecule has 0 spiro atoms. The van der Waals surface area contributed by atoms with Gasteiger partial charge in [-0.05, 0) is 26.2 Å². The Bertz CT molecular complexity index is 289. The van der Waals surface area contributed by atoms with Crippen molar-refractivity contribution in [3.63, 3.8) is 0 Å². The van der Waals surface area contributed by atoms with Crippen molar-refractivity contribution in [1.82, 2.24) is 0 Å². The number of ether oxygens (including phenoxy) is 3. The summed E-state index contributed by atoms with van der Waals surface area (Å²) in [5.41, 5.74) is 0.407. The number of carbonyl (C=O) groups is 1. The number of unbranched alkanes of at least 4 members (excludes halogenated alkanes) is 1. The number of rotatable bonds is 13. The lowest BCUT2D eigenvalue weighted by atomic mass is 10.0. The van der Waals surface area contributed by atoms with Crippen LogP contribution in [0.3, 0.4) is 0 Å². The molecule has 2 unspecified atom stereocenters. The molecule has 0 N–H and O–H groups in total. The van der Waals surface area contributed by atoms with Gasteiger partial charge in [-0.25, -0.2) is 4.79 Å². The number of carbonyl (C=O) groups excluding carboxylic acids is 1. The van der Waals surface area contributed by atoms with Crippen molar-refractivity contribution >= 4 is 5.97 Å². The summed E-state index contributed by atoms with van der Waals surface area (Å²) in [5.74, 6) is 0.272. The highest BCUT2D eigenvalue weighted by Gasteiger charge is 2.09. The van der Waals surface area contributed by atoms with Crippen LogP contribution in [0.15, 0.2) is 12.2 Å². The van der Waals surface area contributed by atoms with Crippen molar-refractivity contribution in [3.8, 4) is 0 Å². The lowest BCUT2D eigenvalue weighted by molar-refractivity contribution is -0.140. The second-order valence-corrected chi connectivity index (χ2v) is 5.55. The predicted octanol–water partition coefficient (Wildman–Crippen LogP) is 3.74. The van der Waals surface area contributed by atoms with E-state index in [2.05, 4.69) is 20.4 Å². The summed E-state index contributed by atoms with van der Waals surface area (Å²) in [6.45, 7) is 13.5. The molecule has 0 aliphatic rings. The molecule has 0 aromatic carbocycles. The Morgan fingerprint density at radius 2 is 1.90 bits per heavy atom. The molecule has 0 rings (SSSR count). The Kier molecular flexibility index (Phi) is 12.3. The molecule has 0 bridgehead atoms. The van der Waals surface area contributed by atoms with E-state index in [-0.39, 0.29) is 18.7 Å². The van der Waals surface area contributed by atoms with Gasteiger partial charge in [0.05, 0.1) is 19.3 Å². The molecule has 0 fully saturated rings. The SMILES string of the molecule is C=C(C)C(=O)OCCOCC(C)OCC(CC)CCCC. The predicted molar refractivity (Wildman–Crippen MR) is 85.3 cm³/mol. The third-order valence-electron chi connectivity index (χ3n) is 3.32. The van der Waals surface area contributed by atoms with Crippen LogP contribution in [0.5, 0.6) is 0 Å². The largest absolute Gasteiger partial charge is 0.460 e. The van der Waals surface area contributed by atoms with Crippen LogP contribution in [0.25, 0.3) is 0 Å². The van der Waals surface area contributed by atoms with Crippen LogP contribution < -0.4 is 0 Å². The third kappa shape index (κ3) is 11.5. The number of esters is 1. The number of hydrogen-bond acceptors (Lipinski definition) is 4. The lowest BCUT2D eigenvalue weighted by Gasteiger charge is -2.19. The van der Waals surface area contributed by atoms with Gasteiger partial charge in [0.1, 0.15) is 6.61 Å². The van der Waals surface area contributed by atoms with E-state index in [0.717, 1.165) is 13.0 Å². The zero-order valence-electron chi connectivity index (χ0n) is 14.2. The minimum Gasteiger partial charge on any atom is -0.460 e. The van der Waals surface area contributed by atoms with E-state index in [1.165, 1.54) is 19.3 Å². The summed E-state index contributed by atoms with van der Waals surface area (Å²) in [4.78, 5) is 11.1. The maximum absolute atomic E-state index is 11.1. The van der Waals surface area contributed by atoms with Gasteiger partial charge in [-0.1, -0.05) is 39.7 Å². The van der Waals surface area contributed by atoms with Crippen LogP contribution >= 0.6 is 0 Å². The van der Waals surface area contributed by atoms with Crippen molar-refractivity contribution in [3.05, 3.63) is 12.2 Å². The molecule has 0 saturated heterocycles. The minimum atomic E-state index is -0.371. The van der Waals surface area contributed by atoms with Crippen molar-refractivity contribution in [2.24, 2.45) is 5.92 Å². The van der Waals surface area contributed by atoms with Crippen LogP contribution in [-0.4, -0.2) is 38.5 Å². The molecule has 0 radical (unpaired) electrons. The Morgan fingerprint density at radius 1 is 1.19 bits per heavy atom. The molecule has 124 valence electrons. The zero-order chi connectivity index (χ0) is 16.1. The van der Waals surface area contributed by atoms with Crippen molar-refractivity contribution in [2.75, 3.05) is 26.4 Å². The van der Waals surface area contributed by atoms with E-state index in [1.807, 2.05) is 6.92 Å². The van der Waals surface area contributed by atoms with Gasteiger partial charge < -0.3 is 14.2 Å². The van der Waals surface area contributed by atoms with E-state index in [9.17, 15) is 4.79 Å². The first-order chi connectivity index (χ1) is 10.0. The fourth-order valence-corrected chi connectivity index (χ4v) is 1.81. The average molecular weight is 300 g/mol. The molecule has 4 nitrogen and oxygen atoms in total. The van der Waals surface area contributed by atoms with Gasteiger partial charge >= 0.3 is 5.97 Å². The zero-order valence-corrected chi connectivity index (χ0v) is 14.2. The lowest BCUT2D eigenvalue weighted by Crippen LogP contribution is -2.21. The minimum absolute atomic E-state index is 0.0671. The summed E-state index contributed by atoms with van der Waals surface area (Å²) < 4.78 is 16.2. The Labute approximate surface area is 129 Å². The molecule has 0 aromatic heterocycles. The second kappa shape index (κ2) is 12.8. The van der Waals surface area contributed by atoms with Gasteiger partial charge in [0.2, 0.25) is 0 Å². The van der Waals surface area contributed by atoms with Gasteiger partial charge in [-0.15, -0.1) is 0 Å². The molecule has 0 aromatic rings. The monoisotopic (exact) mass is 300 g/mol. The molecule has 21 heavy (non-hydrogen) atoms. The Morgan fingerprint density at radius 3 is 2.48 bits per heavy atom.